The molecular formula is C43H45N9O6. The van der Waals surface area contributed by atoms with E-state index in [0.717, 1.165) is 75.8 Å². The van der Waals surface area contributed by atoms with Crippen LogP contribution < -0.4 is 11.1 Å². The molecule has 6 N–H and O–H groups in total. The number of para-hydroxylation sites is 1. The number of nitrogens with zero attached hydrogens (tertiary/aromatic N) is 4. The molecule has 0 saturated carbocycles. The zero-order chi connectivity index (χ0) is 40.3. The summed E-state index contributed by atoms with van der Waals surface area (Å²) in [6.07, 6.45) is 6.28. The third kappa shape index (κ3) is 7.75. The number of benzene rings is 3. The summed E-state index contributed by atoms with van der Waals surface area (Å²) in [6, 6.07) is 22.9. The molecule has 2 aliphatic rings. The van der Waals surface area contributed by atoms with Gasteiger partial charge < -0.3 is 45.3 Å². The molecule has 5 heterocycles. The van der Waals surface area contributed by atoms with Crippen molar-refractivity contribution in [2.45, 2.75) is 63.3 Å². The van der Waals surface area contributed by atoms with E-state index in [2.05, 4.69) is 49.5 Å². The van der Waals surface area contributed by atoms with Crippen molar-refractivity contribution in [2.24, 2.45) is 5.73 Å². The number of ether oxygens (including phenoxy) is 2. The first-order valence-corrected chi connectivity index (χ1v) is 19.4. The Morgan fingerprint density at radius 2 is 1.33 bits per heavy atom. The number of carbonyl (C=O) groups excluding carboxylic acids is 4. The third-order valence-corrected chi connectivity index (χ3v) is 11.1. The minimum Gasteiger partial charge on any atom is -0.453 e. The van der Waals surface area contributed by atoms with Crippen LogP contribution in [0.5, 0.6) is 0 Å². The highest BCUT2D eigenvalue weighted by atomic mass is 16.6. The van der Waals surface area contributed by atoms with Crippen LogP contribution in [0, 0.1) is 0 Å². The number of rotatable bonds is 11. The minimum absolute atomic E-state index is 0.185. The summed E-state index contributed by atoms with van der Waals surface area (Å²) in [7, 11) is 1.29. The van der Waals surface area contributed by atoms with Gasteiger partial charge in [0.15, 0.2) is 6.10 Å². The molecule has 0 spiro atoms. The molecule has 0 bridgehead atoms. The van der Waals surface area contributed by atoms with Crippen LogP contribution in [0.3, 0.4) is 0 Å². The van der Waals surface area contributed by atoms with E-state index in [-0.39, 0.29) is 23.9 Å². The van der Waals surface area contributed by atoms with E-state index < -0.39 is 24.3 Å². The number of likely N-dealkylation sites (tertiary alicyclic amines) is 2. The van der Waals surface area contributed by atoms with Gasteiger partial charge in [-0.3, -0.25) is 9.59 Å². The predicted molar refractivity (Wildman–Crippen MR) is 216 cm³/mol. The van der Waals surface area contributed by atoms with Gasteiger partial charge in [0.05, 0.1) is 43.0 Å². The van der Waals surface area contributed by atoms with Gasteiger partial charge in [-0.2, -0.15) is 0 Å². The van der Waals surface area contributed by atoms with Crippen molar-refractivity contribution in [1.29, 1.82) is 0 Å². The SMILES string of the molecule is COC(=O)N[C@@H](Cc1c[nH]c2ccccc12)C(=O)N1CCC[C@H]1c1ncc(-c2ccc(-c3ccc(-c4cnc([C@@H]5CCCN5C(=O)[C@H](C)OC(N)=O)[nH]4)cc3)cc2)[nH]1. The van der Waals surface area contributed by atoms with Crippen LogP contribution in [-0.4, -0.2) is 91.1 Å². The Balaban J connectivity index is 0.926. The lowest BCUT2D eigenvalue weighted by molar-refractivity contribution is -0.140. The first-order chi connectivity index (χ1) is 28.2. The molecule has 2 saturated heterocycles. The van der Waals surface area contributed by atoms with Gasteiger partial charge in [0, 0.05) is 36.6 Å². The van der Waals surface area contributed by atoms with Crippen molar-refractivity contribution in [2.75, 3.05) is 20.2 Å². The molecule has 298 valence electrons. The van der Waals surface area contributed by atoms with Crippen molar-refractivity contribution in [1.82, 2.24) is 40.0 Å². The van der Waals surface area contributed by atoms with Crippen LogP contribution in [0.15, 0.2) is 91.4 Å². The van der Waals surface area contributed by atoms with Crippen molar-refractivity contribution < 1.29 is 28.7 Å². The third-order valence-electron chi connectivity index (χ3n) is 11.1. The highest BCUT2D eigenvalue weighted by Gasteiger charge is 2.37. The van der Waals surface area contributed by atoms with Crippen LogP contribution >= 0.6 is 0 Å². The standard InChI is InChI=1S/C43H45N9O6/c1-25(58-42(44)55)40(53)51-19-5-9-36(51)38-46-23-34(48-38)28-15-11-26(12-16-28)27-13-17-29(18-14-27)35-24-47-39(49-35)37-10-6-20-52(37)41(54)33(50-43(56)57-2)21-30-22-45-32-8-4-3-7-31(30)32/h3-4,7-8,11-18,22-25,33,36-37,45H,5-6,9-10,19-21H2,1-2H3,(H2,44,55)(H,46,48)(H,47,49)(H,50,56)/t25-,33-,36-,37-/m0/s1. The van der Waals surface area contributed by atoms with Crippen LogP contribution in [-0.2, 0) is 25.5 Å². The lowest BCUT2D eigenvalue weighted by atomic mass is 10.0. The number of nitrogens with one attached hydrogen (secondary N) is 4. The quantitative estimate of drug-likeness (QED) is 0.0993. The maximum Gasteiger partial charge on any atom is 0.407 e. The molecule has 4 amide bonds. The number of imidazole rings is 2. The molecule has 8 rings (SSSR count). The summed E-state index contributed by atoms with van der Waals surface area (Å²) in [5.41, 5.74) is 12.7. The average Bonchev–Trinajstić information content (AvgIpc) is 4.10. The van der Waals surface area contributed by atoms with E-state index >= 15 is 0 Å². The van der Waals surface area contributed by atoms with Gasteiger partial charge in [0.25, 0.3) is 5.91 Å². The minimum atomic E-state index is -0.980. The molecule has 15 heteroatoms. The van der Waals surface area contributed by atoms with E-state index in [1.807, 2.05) is 59.6 Å². The molecule has 2 fully saturated rings. The smallest absolute Gasteiger partial charge is 0.407 e. The number of hydrogen-bond acceptors (Lipinski definition) is 8. The Labute approximate surface area is 334 Å². The molecule has 3 aromatic carbocycles. The lowest BCUT2D eigenvalue weighted by Gasteiger charge is -2.28. The summed E-state index contributed by atoms with van der Waals surface area (Å²) in [6.45, 7) is 2.62. The second-order valence-electron chi connectivity index (χ2n) is 14.7. The average molecular weight is 784 g/mol. The van der Waals surface area contributed by atoms with Crippen molar-refractivity contribution in [3.63, 3.8) is 0 Å². The molecule has 0 radical (unpaired) electrons. The van der Waals surface area contributed by atoms with E-state index in [1.165, 1.54) is 14.0 Å². The number of carbonyl (C=O) groups is 4. The van der Waals surface area contributed by atoms with Gasteiger partial charge >= 0.3 is 12.2 Å². The number of nitrogens with two attached hydrogens (primary N) is 1. The second-order valence-corrected chi connectivity index (χ2v) is 14.7. The van der Waals surface area contributed by atoms with E-state index in [0.29, 0.717) is 31.2 Å². The van der Waals surface area contributed by atoms with Gasteiger partial charge in [-0.25, -0.2) is 19.6 Å². The van der Waals surface area contributed by atoms with Gasteiger partial charge in [-0.15, -0.1) is 0 Å². The predicted octanol–water partition coefficient (Wildman–Crippen LogP) is 6.39. The fraction of sp³-hybridized carbons (Fsp3) is 0.302. The van der Waals surface area contributed by atoms with Crippen LogP contribution in [0.4, 0.5) is 9.59 Å². The molecule has 4 atom stereocenters. The Kier molecular flexibility index (Phi) is 10.7. The number of methoxy groups -OCH3 is 1. The number of amides is 4. The lowest BCUT2D eigenvalue weighted by Crippen LogP contribution is -2.49. The molecule has 15 nitrogen and oxygen atoms in total. The number of aromatic nitrogens is 5. The summed E-state index contributed by atoms with van der Waals surface area (Å²) in [5, 5.41) is 3.78. The van der Waals surface area contributed by atoms with E-state index in [9.17, 15) is 19.2 Å². The van der Waals surface area contributed by atoms with Gasteiger partial charge in [0.2, 0.25) is 5.91 Å². The van der Waals surface area contributed by atoms with Gasteiger partial charge in [0.1, 0.15) is 17.7 Å². The molecule has 3 aromatic heterocycles. The number of primary amides is 1. The van der Waals surface area contributed by atoms with Crippen molar-refractivity contribution in [3.8, 4) is 33.6 Å². The molecule has 0 unspecified atom stereocenters. The fourth-order valence-electron chi connectivity index (χ4n) is 8.20. The van der Waals surface area contributed by atoms with Crippen molar-refractivity contribution in [3.05, 3.63) is 109 Å². The molecule has 58 heavy (non-hydrogen) atoms. The van der Waals surface area contributed by atoms with E-state index in [4.69, 9.17) is 20.2 Å². The largest absolute Gasteiger partial charge is 0.453 e. The van der Waals surface area contributed by atoms with Crippen LogP contribution in [0.1, 0.15) is 61.9 Å². The molecule has 6 aromatic rings. The van der Waals surface area contributed by atoms with Gasteiger partial charge in [-0.1, -0.05) is 66.7 Å². The van der Waals surface area contributed by atoms with Crippen LogP contribution in [0.2, 0.25) is 0 Å². The monoisotopic (exact) mass is 783 g/mol. The first kappa shape index (κ1) is 38.0. The maximum absolute atomic E-state index is 14.1. The Morgan fingerprint density at radius 1 is 0.793 bits per heavy atom. The summed E-state index contributed by atoms with van der Waals surface area (Å²) < 4.78 is 9.81. The highest BCUT2D eigenvalue weighted by molar-refractivity contribution is 5.89. The Bertz CT molecular complexity index is 2440. The first-order valence-electron chi connectivity index (χ1n) is 19.4. The number of alkyl carbamates (subject to hydrolysis) is 1. The molecule has 0 aliphatic carbocycles. The van der Waals surface area contributed by atoms with Gasteiger partial charge in [-0.05, 0) is 66.5 Å². The number of H-pyrrole nitrogens is 3. The number of hydrogen-bond donors (Lipinski definition) is 5. The van der Waals surface area contributed by atoms with Crippen molar-refractivity contribution >= 4 is 34.9 Å². The second kappa shape index (κ2) is 16.3. The normalized spacial score (nSPS) is 17.6. The summed E-state index contributed by atoms with van der Waals surface area (Å²) >= 11 is 0. The van der Waals surface area contributed by atoms with Crippen LogP contribution in [0.25, 0.3) is 44.5 Å². The number of fused-ring (bicyclic) bond motifs is 1. The Morgan fingerprint density at radius 3 is 1.88 bits per heavy atom. The van der Waals surface area contributed by atoms with E-state index in [1.54, 1.807) is 17.3 Å². The summed E-state index contributed by atoms with van der Waals surface area (Å²) in [4.78, 5) is 73.5. The fourth-order valence-corrected chi connectivity index (χ4v) is 8.20. The Hall–Kier alpha value is -6.90. The zero-order valence-electron chi connectivity index (χ0n) is 32.2. The zero-order valence-corrected chi connectivity index (χ0v) is 32.2. The summed E-state index contributed by atoms with van der Waals surface area (Å²) in [5.74, 6) is 0.899. The molecular weight excluding hydrogens is 739 g/mol. The molecule has 2 aliphatic heterocycles. The highest BCUT2D eigenvalue weighted by Crippen LogP contribution is 2.35. The number of aromatic amines is 3. The maximum atomic E-state index is 14.1. The topological polar surface area (TPSA) is 204 Å².